The van der Waals surface area contributed by atoms with Gasteiger partial charge in [-0.15, -0.1) is 0 Å². The van der Waals surface area contributed by atoms with Crippen LogP contribution in [0.5, 0.6) is 0 Å². The minimum atomic E-state index is -0.850. The Morgan fingerprint density at radius 1 is 1.43 bits per heavy atom. The summed E-state index contributed by atoms with van der Waals surface area (Å²) in [6, 6.07) is 0. The summed E-state index contributed by atoms with van der Waals surface area (Å²) in [7, 11) is 5.46. The van der Waals surface area contributed by atoms with Gasteiger partial charge in [-0.1, -0.05) is 13.3 Å². The Hall–Kier alpha value is -0.420. The van der Waals surface area contributed by atoms with Crippen LogP contribution in [0.1, 0.15) is 26.7 Å². The SMILES string of the molecule is CCCCN(SCl)C(=O)C(=O)OCC. The van der Waals surface area contributed by atoms with E-state index in [2.05, 4.69) is 4.74 Å². The van der Waals surface area contributed by atoms with Crippen LogP contribution in [0.25, 0.3) is 0 Å². The summed E-state index contributed by atoms with van der Waals surface area (Å²) in [6.07, 6.45) is 1.74. The molecule has 0 aromatic rings. The molecule has 6 heteroatoms. The van der Waals surface area contributed by atoms with Crippen molar-refractivity contribution in [2.24, 2.45) is 0 Å². The molecule has 0 bridgehead atoms. The van der Waals surface area contributed by atoms with E-state index in [0.29, 0.717) is 6.54 Å². The van der Waals surface area contributed by atoms with Gasteiger partial charge < -0.3 is 4.74 Å². The Labute approximate surface area is 92.6 Å². The normalized spacial score (nSPS) is 9.64. The van der Waals surface area contributed by atoms with Crippen LogP contribution in [0, 0.1) is 0 Å². The number of ether oxygens (including phenoxy) is 1. The first kappa shape index (κ1) is 13.6. The molecule has 0 aliphatic heterocycles. The van der Waals surface area contributed by atoms with Crippen molar-refractivity contribution in [3.63, 3.8) is 0 Å². The maximum atomic E-state index is 11.3. The second-order valence-electron chi connectivity index (χ2n) is 2.55. The lowest BCUT2D eigenvalue weighted by Gasteiger charge is -2.15. The molecule has 0 aliphatic carbocycles. The van der Waals surface area contributed by atoms with Gasteiger partial charge >= 0.3 is 11.9 Å². The third-order valence-corrected chi connectivity index (χ3v) is 2.49. The molecule has 1 amide bonds. The van der Waals surface area contributed by atoms with E-state index >= 15 is 0 Å². The lowest BCUT2D eigenvalue weighted by atomic mass is 10.3. The van der Waals surface area contributed by atoms with Gasteiger partial charge in [0.1, 0.15) is 0 Å². The molecule has 0 aliphatic rings. The zero-order valence-corrected chi connectivity index (χ0v) is 9.86. The molecule has 0 spiro atoms. The minimum Gasteiger partial charge on any atom is -0.459 e. The Morgan fingerprint density at radius 2 is 2.07 bits per heavy atom. The van der Waals surface area contributed by atoms with E-state index in [0.717, 1.165) is 24.0 Å². The second kappa shape index (κ2) is 7.94. The van der Waals surface area contributed by atoms with Gasteiger partial charge in [-0.3, -0.25) is 9.10 Å². The highest BCUT2D eigenvalue weighted by molar-refractivity contribution is 8.19. The first-order valence-corrected chi connectivity index (χ1v) is 6.04. The minimum absolute atomic E-state index is 0.194. The number of esters is 1. The number of rotatable bonds is 5. The van der Waals surface area contributed by atoms with Gasteiger partial charge in [0.05, 0.1) is 17.8 Å². The average molecular weight is 240 g/mol. The van der Waals surface area contributed by atoms with Gasteiger partial charge in [-0.25, -0.2) is 4.79 Å². The molecule has 0 radical (unpaired) electrons. The van der Waals surface area contributed by atoms with Crippen molar-refractivity contribution >= 4 is 33.7 Å². The van der Waals surface area contributed by atoms with Crippen molar-refractivity contribution in [1.82, 2.24) is 4.31 Å². The number of unbranched alkanes of at least 4 members (excludes halogenated alkanes) is 1. The molecule has 0 heterocycles. The van der Waals surface area contributed by atoms with Crippen molar-refractivity contribution in [3.05, 3.63) is 0 Å². The van der Waals surface area contributed by atoms with Gasteiger partial charge in [0.2, 0.25) is 0 Å². The standard InChI is InChI=1S/C8H14ClNO3S/c1-3-5-6-10(14-9)7(11)8(12)13-4-2/h3-6H2,1-2H3. The molecule has 4 nitrogen and oxygen atoms in total. The molecule has 0 N–H and O–H groups in total. The Balaban J connectivity index is 4.09. The highest BCUT2D eigenvalue weighted by atomic mass is 35.7. The van der Waals surface area contributed by atoms with E-state index in [1.54, 1.807) is 6.92 Å². The molecule has 0 rings (SSSR count). The van der Waals surface area contributed by atoms with Gasteiger partial charge in [0, 0.05) is 6.54 Å². The lowest BCUT2D eigenvalue weighted by Crippen LogP contribution is -2.32. The fourth-order valence-corrected chi connectivity index (χ4v) is 1.49. The van der Waals surface area contributed by atoms with Crippen LogP contribution >= 0.6 is 21.8 Å². The van der Waals surface area contributed by atoms with Crippen LogP contribution in [0.3, 0.4) is 0 Å². The predicted molar refractivity (Wildman–Crippen MR) is 56.7 cm³/mol. The van der Waals surface area contributed by atoms with Gasteiger partial charge in [0.15, 0.2) is 0 Å². The summed E-state index contributed by atoms with van der Waals surface area (Å²) < 4.78 is 5.76. The number of hydrogen-bond donors (Lipinski definition) is 0. The Kier molecular flexibility index (Phi) is 7.70. The van der Waals surface area contributed by atoms with E-state index in [9.17, 15) is 9.59 Å². The topological polar surface area (TPSA) is 46.6 Å². The molecule has 0 saturated carbocycles. The number of amides is 1. The van der Waals surface area contributed by atoms with Crippen molar-refractivity contribution in [2.75, 3.05) is 13.2 Å². The van der Waals surface area contributed by atoms with Gasteiger partial charge in [-0.05, 0) is 24.0 Å². The number of nitrogens with zero attached hydrogens (tertiary/aromatic N) is 1. The maximum Gasteiger partial charge on any atom is 0.397 e. The highest BCUT2D eigenvalue weighted by Crippen LogP contribution is 2.16. The van der Waals surface area contributed by atoms with Crippen LogP contribution in [-0.4, -0.2) is 29.3 Å². The van der Waals surface area contributed by atoms with Crippen LogP contribution in [0.15, 0.2) is 0 Å². The number of halogens is 1. The smallest absolute Gasteiger partial charge is 0.397 e. The molecule has 0 fully saturated rings. The highest BCUT2D eigenvalue weighted by Gasteiger charge is 2.22. The fraction of sp³-hybridized carbons (Fsp3) is 0.750. The molecule has 0 unspecified atom stereocenters. The molecule has 0 saturated heterocycles. The summed E-state index contributed by atoms with van der Waals surface area (Å²) in [5.41, 5.74) is 0. The lowest BCUT2D eigenvalue weighted by molar-refractivity contribution is -0.157. The fourth-order valence-electron chi connectivity index (χ4n) is 0.764. The molecule has 14 heavy (non-hydrogen) atoms. The number of carbonyl (C=O) groups excluding carboxylic acids is 2. The summed E-state index contributed by atoms with van der Waals surface area (Å²) in [5.74, 6) is -1.54. The van der Waals surface area contributed by atoms with E-state index in [4.69, 9.17) is 10.7 Å². The first-order chi connectivity index (χ1) is 6.67. The van der Waals surface area contributed by atoms with Crippen LogP contribution in [0.2, 0.25) is 0 Å². The molecule has 0 aromatic carbocycles. The van der Waals surface area contributed by atoms with Crippen LogP contribution < -0.4 is 0 Å². The van der Waals surface area contributed by atoms with Gasteiger partial charge in [-0.2, -0.15) is 0 Å². The summed E-state index contributed by atoms with van der Waals surface area (Å²) >= 11 is 0.727. The van der Waals surface area contributed by atoms with Crippen molar-refractivity contribution in [1.29, 1.82) is 0 Å². The molecule has 82 valence electrons. The van der Waals surface area contributed by atoms with E-state index in [1.807, 2.05) is 6.92 Å². The third kappa shape index (κ3) is 4.72. The largest absolute Gasteiger partial charge is 0.459 e. The maximum absolute atomic E-state index is 11.3. The summed E-state index contributed by atoms with van der Waals surface area (Å²) in [4.78, 5) is 22.3. The Bertz CT molecular complexity index is 201. The van der Waals surface area contributed by atoms with E-state index in [1.165, 1.54) is 4.31 Å². The van der Waals surface area contributed by atoms with E-state index < -0.39 is 11.9 Å². The van der Waals surface area contributed by atoms with Gasteiger partial charge in [0.25, 0.3) is 0 Å². The van der Waals surface area contributed by atoms with Crippen molar-refractivity contribution in [3.8, 4) is 0 Å². The van der Waals surface area contributed by atoms with Crippen molar-refractivity contribution in [2.45, 2.75) is 26.7 Å². The van der Waals surface area contributed by atoms with Crippen molar-refractivity contribution < 1.29 is 14.3 Å². The average Bonchev–Trinajstić information content (AvgIpc) is 2.19. The molecule has 0 atom stereocenters. The summed E-state index contributed by atoms with van der Waals surface area (Å²) in [6.45, 7) is 4.29. The van der Waals surface area contributed by atoms with Crippen LogP contribution in [0.4, 0.5) is 0 Å². The van der Waals surface area contributed by atoms with E-state index in [-0.39, 0.29) is 6.61 Å². The quantitative estimate of drug-likeness (QED) is 0.418. The summed E-state index contributed by atoms with van der Waals surface area (Å²) in [5, 5.41) is 0. The second-order valence-corrected chi connectivity index (χ2v) is 3.54. The zero-order valence-electron chi connectivity index (χ0n) is 8.29. The molecular formula is C8H14ClNO3S. The van der Waals surface area contributed by atoms with Crippen LogP contribution in [-0.2, 0) is 14.3 Å². The molecule has 0 aromatic heterocycles. The zero-order chi connectivity index (χ0) is 11.0. The number of hydrogen-bond acceptors (Lipinski definition) is 4. The monoisotopic (exact) mass is 239 g/mol. The third-order valence-electron chi connectivity index (χ3n) is 1.47. The Morgan fingerprint density at radius 3 is 2.50 bits per heavy atom. The number of carbonyl (C=O) groups is 2. The first-order valence-electron chi connectivity index (χ1n) is 4.44. The predicted octanol–water partition coefficient (Wildman–Crippen LogP) is 1.98. The molecular weight excluding hydrogens is 226 g/mol.